The van der Waals surface area contributed by atoms with Crippen LogP contribution in [0.15, 0.2) is 42.5 Å². The van der Waals surface area contributed by atoms with Crippen molar-refractivity contribution >= 4 is 17.6 Å². The third kappa shape index (κ3) is 6.33. The molecule has 2 N–H and O–H groups in total. The Morgan fingerprint density at radius 3 is 2.40 bits per heavy atom. The second-order valence-electron chi connectivity index (χ2n) is 5.74. The number of rotatable bonds is 8. The number of nitrogens with one attached hydrogen (secondary N) is 1. The maximum atomic E-state index is 13.1. The molecule has 0 heterocycles. The van der Waals surface area contributed by atoms with Gasteiger partial charge in [-0.15, -0.1) is 0 Å². The van der Waals surface area contributed by atoms with Crippen LogP contribution >= 0.6 is 0 Å². The summed E-state index contributed by atoms with van der Waals surface area (Å²) in [5.41, 5.74) is 2.09. The molecule has 0 atom stereocenters. The topological polar surface area (TPSA) is 66.4 Å². The number of hydrogen-bond donors (Lipinski definition) is 2. The van der Waals surface area contributed by atoms with Crippen molar-refractivity contribution in [3.8, 4) is 0 Å². The van der Waals surface area contributed by atoms with Gasteiger partial charge in [0.05, 0.1) is 0 Å². The molecule has 132 valence electrons. The van der Waals surface area contributed by atoms with Crippen LogP contribution < -0.4 is 5.32 Å². The highest BCUT2D eigenvalue weighted by Crippen LogP contribution is 2.14. The number of aryl methyl sites for hydroxylation is 2. The van der Waals surface area contributed by atoms with Crippen LogP contribution in [0.4, 0.5) is 14.5 Å². The van der Waals surface area contributed by atoms with Gasteiger partial charge in [0.15, 0.2) is 11.6 Å². The number of carbonyl (C=O) groups excluding carboxylic acids is 1. The molecule has 0 aliphatic heterocycles. The van der Waals surface area contributed by atoms with Crippen LogP contribution in [-0.4, -0.2) is 17.0 Å². The van der Waals surface area contributed by atoms with E-state index in [-0.39, 0.29) is 18.7 Å². The highest BCUT2D eigenvalue weighted by Gasteiger charge is 2.06. The lowest BCUT2D eigenvalue weighted by atomic mass is 10.1. The minimum absolute atomic E-state index is 0.0334. The number of aliphatic carboxylic acids is 1. The first-order valence-electron chi connectivity index (χ1n) is 7.98. The summed E-state index contributed by atoms with van der Waals surface area (Å²) in [6, 6.07) is 10.8. The molecule has 0 aliphatic rings. The number of carbonyl (C=O) groups is 2. The van der Waals surface area contributed by atoms with Gasteiger partial charge in [-0.3, -0.25) is 9.59 Å². The fraction of sp³-hybridized carbons (Fsp3) is 0.263. The molecule has 2 aromatic carbocycles. The van der Waals surface area contributed by atoms with Crippen molar-refractivity contribution in [3.05, 3.63) is 65.2 Å². The Kier molecular flexibility index (Phi) is 6.62. The molecule has 0 unspecified atom stereocenters. The van der Waals surface area contributed by atoms with Gasteiger partial charge in [-0.1, -0.05) is 18.2 Å². The van der Waals surface area contributed by atoms with Crippen molar-refractivity contribution in [2.75, 3.05) is 5.32 Å². The van der Waals surface area contributed by atoms with Gasteiger partial charge < -0.3 is 10.4 Å². The summed E-state index contributed by atoms with van der Waals surface area (Å²) >= 11 is 0. The number of amides is 1. The third-order valence-corrected chi connectivity index (χ3v) is 3.69. The summed E-state index contributed by atoms with van der Waals surface area (Å²) < 4.78 is 26.0. The Labute approximate surface area is 144 Å². The Morgan fingerprint density at radius 1 is 0.920 bits per heavy atom. The van der Waals surface area contributed by atoms with Crippen molar-refractivity contribution < 1.29 is 23.5 Å². The monoisotopic (exact) mass is 347 g/mol. The van der Waals surface area contributed by atoms with E-state index in [0.717, 1.165) is 17.7 Å². The fourth-order valence-corrected chi connectivity index (χ4v) is 2.43. The van der Waals surface area contributed by atoms with Crippen LogP contribution in [0.1, 0.15) is 30.4 Å². The van der Waals surface area contributed by atoms with Gasteiger partial charge >= 0.3 is 5.97 Å². The van der Waals surface area contributed by atoms with Gasteiger partial charge in [0, 0.05) is 18.5 Å². The number of halogens is 2. The Hall–Kier alpha value is -2.76. The molecule has 0 aliphatic carbocycles. The van der Waals surface area contributed by atoms with Crippen LogP contribution in [0, 0.1) is 11.6 Å². The Balaban J connectivity index is 1.80. The van der Waals surface area contributed by atoms with Crippen molar-refractivity contribution in [3.63, 3.8) is 0 Å². The predicted molar refractivity (Wildman–Crippen MR) is 90.3 cm³/mol. The van der Waals surface area contributed by atoms with E-state index >= 15 is 0 Å². The molecule has 4 nitrogen and oxygen atoms in total. The molecule has 0 saturated heterocycles. The van der Waals surface area contributed by atoms with Gasteiger partial charge in [-0.2, -0.15) is 0 Å². The van der Waals surface area contributed by atoms with Crippen molar-refractivity contribution in [2.24, 2.45) is 0 Å². The quantitative estimate of drug-likeness (QED) is 0.760. The first kappa shape index (κ1) is 18.6. The highest BCUT2D eigenvalue weighted by molar-refractivity contribution is 5.90. The average Bonchev–Trinajstić information content (AvgIpc) is 2.56. The molecule has 0 spiro atoms. The molecular weight excluding hydrogens is 328 g/mol. The van der Waals surface area contributed by atoms with E-state index in [1.165, 1.54) is 6.07 Å². The van der Waals surface area contributed by atoms with Gasteiger partial charge in [0.1, 0.15) is 0 Å². The van der Waals surface area contributed by atoms with Gasteiger partial charge in [-0.25, -0.2) is 8.78 Å². The first-order chi connectivity index (χ1) is 11.9. The molecule has 0 bridgehead atoms. The molecule has 0 aromatic heterocycles. The van der Waals surface area contributed by atoms with Crippen LogP contribution in [-0.2, 0) is 22.4 Å². The summed E-state index contributed by atoms with van der Waals surface area (Å²) in [6.45, 7) is 0. The maximum absolute atomic E-state index is 13.1. The lowest BCUT2D eigenvalue weighted by Crippen LogP contribution is -2.11. The first-order valence-corrected chi connectivity index (χ1v) is 7.98. The summed E-state index contributed by atoms with van der Waals surface area (Å²) in [7, 11) is 0. The lowest BCUT2D eigenvalue weighted by molar-refractivity contribution is -0.137. The fourth-order valence-electron chi connectivity index (χ4n) is 2.43. The Morgan fingerprint density at radius 2 is 1.68 bits per heavy atom. The number of anilines is 1. The summed E-state index contributed by atoms with van der Waals surface area (Å²) in [5, 5.41) is 11.5. The van der Waals surface area contributed by atoms with E-state index in [4.69, 9.17) is 5.11 Å². The van der Waals surface area contributed by atoms with Crippen molar-refractivity contribution in [1.82, 2.24) is 0 Å². The minimum Gasteiger partial charge on any atom is -0.481 e. The number of carboxylic acids is 1. The molecule has 0 radical (unpaired) electrons. The maximum Gasteiger partial charge on any atom is 0.303 e. The normalized spacial score (nSPS) is 10.5. The minimum atomic E-state index is -0.889. The van der Waals surface area contributed by atoms with Gasteiger partial charge in [-0.05, 0) is 54.7 Å². The van der Waals surface area contributed by atoms with Crippen molar-refractivity contribution in [2.45, 2.75) is 32.1 Å². The van der Waals surface area contributed by atoms with Gasteiger partial charge in [0.25, 0.3) is 0 Å². The lowest BCUT2D eigenvalue weighted by Gasteiger charge is -2.07. The predicted octanol–water partition coefficient (Wildman–Crippen LogP) is 3.94. The van der Waals surface area contributed by atoms with E-state index in [1.807, 2.05) is 6.07 Å². The Bertz CT molecular complexity index is 762. The number of benzene rings is 2. The van der Waals surface area contributed by atoms with Crippen LogP contribution in [0.2, 0.25) is 0 Å². The zero-order chi connectivity index (χ0) is 18.2. The highest BCUT2D eigenvalue weighted by atomic mass is 19.2. The van der Waals surface area contributed by atoms with E-state index in [2.05, 4.69) is 5.32 Å². The summed E-state index contributed by atoms with van der Waals surface area (Å²) in [5.74, 6) is -2.82. The number of hydrogen-bond acceptors (Lipinski definition) is 2. The molecule has 25 heavy (non-hydrogen) atoms. The van der Waals surface area contributed by atoms with Gasteiger partial charge in [0.2, 0.25) is 5.91 Å². The average molecular weight is 347 g/mol. The second kappa shape index (κ2) is 8.92. The van der Waals surface area contributed by atoms with Crippen LogP contribution in [0.3, 0.4) is 0 Å². The summed E-state index contributed by atoms with van der Waals surface area (Å²) in [6.07, 6.45) is 1.66. The van der Waals surface area contributed by atoms with Crippen LogP contribution in [0.25, 0.3) is 0 Å². The molecule has 2 rings (SSSR count). The molecule has 2 aromatic rings. The van der Waals surface area contributed by atoms with E-state index in [1.54, 1.807) is 18.2 Å². The molecule has 1 amide bonds. The smallest absolute Gasteiger partial charge is 0.303 e. The standard InChI is InChI=1S/C19H19F2NO3/c20-16-9-7-14(12-17(16)21)4-2-6-18(23)22-15-5-1-3-13(11-15)8-10-19(24)25/h1,3,5,7,9,11-12H,2,4,6,8,10H2,(H,22,23)(H,24,25). The molecular formula is C19H19F2NO3. The zero-order valence-corrected chi connectivity index (χ0v) is 13.6. The summed E-state index contributed by atoms with van der Waals surface area (Å²) in [4.78, 5) is 22.6. The molecule has 6 heteroatoms. The van der Waals surface area contributed by atoms with Crippen molar-refractivity contribution in [1.29, 1.82) is 0 Å². The van der Waals surface area contributed by atoms with Crippen LogP contribution in [0.5, 0.6) is 0 Å². The van der Waals surface area contributed by atoms with E-state index in [9.17, 15) is 18.4 Å². The van der Waals surface area contributed by atoms with E-state index in [0.29, 0.717) is 30.5 Å². The number of carboxylic acid groups (broad SMARTS) is 1. The van der Waals surface area contributed by atoms with E-state index < -0.39 is 17.6 Å². The molecule has 0 fully saturated rings. The molecule has 0 saturated carbocycles. The SMILES string of the molecule is O=C(O)CCc1cccc(NC(=O)CCCc2ccc(F)c(F)c2)c1. The largest absolute Gasteiger partial charge is 0.481 e. The zero-order valence-electron chi connectivity index (χ0n) is 13.6. The second-order valence-corrected chi connectivity index (χ2v) is 5.74. The third-order valence-electron chi connectivity index (χ3n) is 3.69.